The monoisotopic (exact) mass is 297 g/mol. The first kappa shape index (κ1) is 13.5. The zero-order valence-corrected chi connectivity index (χ0v) is 11.6. The SMILES string of the molecule is O=C(NO)c1cnc2c(c1)CCN(S(=O)(=O)C1CC1)C2. The first-order valence-electron chi connectivity index (χ1n) is 6.43. The zero-order valence-electron chi connectivity index (χ0n) is 10.7. The summed E-state index contributed by atoms with van der Waals surface area (Å²) >= 11 is 0. The highest BCUT2D eigenvalue weighted by Crippen LogP contribution is 2.33. The molecule has 3 rings (SSSR count). The maximum Gasteiger partial charge on any atom is 0.276 e. The van der Waals surface area contributed by atoms with Crippen LogP contribution in [0.5, 0.6) is 0 Å². The Bertz CT molecular complexity index is 655. The number of fused-ring (bicyclic) bond motifs is 1. The minimum atomic E-state index is -3.19. The molecule has 1 aromatic heterocycles. The number of aromatic nitrogens is 1. The second-order valence-electron chi connectivity index (χ2n) is 5.10. The number of amides is 1. The van der Waals surface area contributed by atoms with Crippen LogP contribution < -0.4 is 5.48 Å². The van der Waals surface area contributed by atoms with Gasteiger partial charge < -0.3 is 0 Å². The van der Waals surface area contributed by atoms with E-state index in [1.54, 1.807) is 11.5 Å². The molecule has 1 saturated carbocycles. The van der Waals surface area contributed by atoms with Crippen molar-refractivity contribution in [2.45, 2.75) is 31.1 Å². The zero-order chi connectivity index (χ0) is 14.3. The van der Waals surface area contributed by atoms with Gasteiger partial charge in [0.05, 0.1) is 23.1 Å². The lowest BCUT2D eigenvalue weighted by Gasteiger charge is -2.27. The Morgan fingerprint density at radius 3 is 2.85 bits per heavy atom. The van der Waals surface area contributed by atoms with Gasteiger partial charge in [0.25, 0.3) is 5.91 Å². The van der Waals surface area contributed by atoms with E-state index < -0.39 is 15.9 Å². The van der Waals surface area contributed by atoms with Gasteiger partial charge in [0.2, 0.25) is 10.0 Å². The number of hydroxylamine groups is 1. The van der Waals surface area contributed by atoms with Gasteiger partial charge in [-0.05, 0) is 30.9 Å². The van der Waals surface area contributed by atoms with Gasteiger partial charge in [0.15, 0.2) is 0 Å². The molecule has 1 amide bonds. The summed E-state index contributed by atoms with van der Waals surface area (Å²) in [4.78, 5) is 15.5. The van der Waals surface area contributed by atoms with Crippen molar-refractivity contribution >= 4 is 15.9 Å². The minimum absolute atomic E-state index is 0.219. The number of nitrogens with one attached hydrogen (secondary N) is 1. The molecular weight excluding hydrogens is 282 g/mol. The average molecular weight is 297 g/mol. The molecule has 0 saturated heterocycles. The summed E-state index contributed by atoms with van der Waals surface area (Å²) in [6.45, 7) is 0.674. The molecular formula is C12H15N3O4S. The first-order valence-corrected chi connectivity index (χ1v) is 7.94. The Balaban J connectivity index is 1.84. The summed E-state index contributed by atoms with van der Waals surface area (Å²) < 4.78 is 25.8. The largest absolute Gasteiger partial charge is 0.288 e. The molecule has 2 N–H and O–H groups in total. The van der Waals surface area contributed by atoms with Crippen LogP contribution in [0.3, 0.4) is 0 Å². The van der Waals surface area contributed by atoms with Crippen LogP contribution in [-0.2, 0) is 23.0 Å². The van der Waals surface area contributed by atoms with Crippen LogP contribution >= 0.6 is 0 Å². The fraction of sp³-hybridized carbons (Fsp3) is 0.500. The Kier molecular flexibility index (Phi) is 3.23. The smallest absolute Gasteiger partial charge is 0.276 e. The molecule has 0 unspecified atom stereocenters. The van der Waals surface area contributed by atoms with Gasteiger partial charge in [-0.2, -0.15) is 4.31 Å². The van der Waals surface area contributed by atoms with Gasteiger partial charge >= 0.3 is 0 Å². The van der Waals surface area contributed by atoms with Crippen molar-refractivity contribution in [3.05, 3.63) is 29.1 Å². The van der Waals surface area contributed by atoms with Crippen LogP contribution in [0, 0.1) is 0 Å². The number of hydrogen-bond acceptors (Lipinski definition) is 5. The lowest BCUT2D eigenvalue weighted by atomic mass is 10.0. The Labute approximate surface area is 116 Å². The minimum Gasteiger partial charge on any atom is -0.288 e. The summed E-state index contributed by atoms with van der Waals surface area (Å²) in [7, 11) is -3.19. The number of carbonyl (C=O) groups excluding carboxylic acids is 1. The molecule has 20 heavy (non-hydrogen) atoms. The van der Waals surface area contributed by atoms with Crippen molar-refractivity contribution in [2.24, 2.45) is 0 Å². The summed E-state index contributed by atoms with van der Waals surface area (Å²) in [5.41, 5.74) is 3.36. The molecule has 0 bridgehead atoms. The van der Waals surface area contributed by atoms with Gasteiger partial charge in [0.1, 0.15) is 0 Å². The Morgan fingerprint density at radius 2 is 2.20 bits per heavy atom. The van der Waals surface area contributed by atoms with E-state index in [9.17, 15) is 13.2 Å². The van der Waals surface area contributed by atoms with Gasteiger partial charge in [-0.15, -0.1) is 0 Å². The fourth-order valence-corrected chi connectivity index (χ4v) is 4.17. The second-order valence-corrected chi connectivity index (χ2v) is 7.31. The van der Waals surface area contributed by atoms with E-state index in [1.807, 2.05) is 0 Å². The molecule has 0 aromatic carbocycles. The molecule has 7 nitrogen and oxygen atoms in total. The standard InChI is InChI=1S/C12H15N3O4S/c16-12(14-17)9-5-8-3-4-15(7-11(8)13-6-9)20(18,19)10-1-2-10/h5-6,10,17H,1-4,7H2,(H,14,16). The molecule has 0 radical (unpaired) electrons. The molecule has 2 heterocycles. The molecule has 0 atom stereocenters. The second kappa shape index (κ2) is 4.80. The van der Waals surface area contributed by atoms with Gasteiger partial charge in [-0.1, -0.05) is 0 Å². The lowest BCUT2D eigenvalue weighted by molar-refractivity contribution is 0.0705. The number of pyridine rings is 1. The third-order valence-electron chi connectivity index (χ3n) is 3.69. The molecule has 2 aliphatic rings. The number of hydrogen-bond donors (Lipinski definition) is 2. The van der Waals surface area contributed by atoms with Gasteiger partial charge in [-0.3, -0.25) is 15.0 Å². The Hall–Kier alpha value is -1.51. The third-order valence-corrected chi connectivity index (χ3v) is 6.03. The van der Waals surface area contributed by atoms with Crippen LogP contribution in [0.1, 0.15) is 34.5 Å². The van der Waals surface area contributed by atoms with E-state index in [0.717, 1.165) is 18.4 Å². The van der Waals surface area contributed by atoms with Crippen LogP contribution in [0.25, 0.3) is 0 Å². The molecule has 1 fully saturated rings. The summed E-state index contributed by atoms with van der Waals surface area (Å²) in [6.07, 6.45) is 3.36. The molecule has 1 aliphatic carbocycles. The summed E-state index contributed by atoms with van der Waals surface area (Å²) in [5.74, 6) is -0.617. The van der Waals surface area contributed by atoms with Gasteiger partial charge in [0, 0.05) is 12.7 Å². The van der Waals surface area contributed by atoms with Crippen molar-refractivity contribution in [3.8, 4) is 0 Å². The fourth-order valence-electron chi connectivity index (χ4n) is 2.37. The normalized spacial score (nSPS) is 19.4. The van der Waals surface area contributed by atoms with Crippen molar-refractivity contribution in [2.75, 3.05) is 6.54 Å². The van der Waals surface area contributed by atoms with Crippen molar-refractivity contribution < 1.29 is 18.4 Å². The van der Waals surface area contributed by atoms with Crippen LogP contribution in [0.2, 0.25) is 0 Å². The van der Waals surface area contributed by atoms with Crippen LogP contribution in [0.4, 0.5) is 0 Å². The summed E-state index contributed by atoms with van der Waals surface area (Å²) in [5, 5.41) is 8.38. The number of nitrogens with zero attached hydrogens (tertiary/aromatic N) is 2. The number of rotatable bonds is 3. The van der Waals surface area contributed by atoms with E-state index in [2.05, 4.69) is 4.98 Å². The van der Waals surface area contributed by atoms with E-state index in [1.165, 1.54) is 10.5 Å². The lowest BCUT2D eigenvalue weighted by Crippen LogP contribution is -2.38. The molecule has 1 aromatic rings. The quantitative estimate of drug-likeness (QED) is 0.606. The molecule has 8 heteroatoms. The van der Waals surface area contributed by atoms with E-state index in [-0.39, 0.29) is 17.4 Å². The van der Waals surface area contributed by atoms with Crippen LogP contribution in [-0.4, -0.2) is 40.6 Å². The van der Waals surface area contributed by atoms with Crippen molar-refractivity contribution in [1.29, 1.82) is 0 Å². The first-order chi connectivity index (χ1) is 9.52. The highest BCUT2D eigenvalue weighted by atomic mass is 32.2. The van der Waals surface area contributed by atoms with Crippen molar-refractivity contribution in [1.82, 2.24) is 14.8 Å². The molecule has 1 aliphatic heterocycles. The third kappa shape index (κ3) is 2.30. The predicted octanol–water partition coefficient (Wildman–Crippen LogP) is 0.0509. The predicted molar refractivity (Wildman–Crippen MR) is 69.5 cm³/mol. The number of sulfonamides is 1. The van der Waals surface area contributed by atoms with E-state index in [4.69, 9.17) is 5.21 Å². The Morgan fingerprint density at radius 1 is 1.45 bits per heavy atom. The van der Waals surface area contributed by atoms with E-state index >= 15 is 0 Å². The van der Waals surface area contributed by atoms with Gasteiger partial charge in [-0.25, -0.2) is 13.9 Å². The topological polar surface area (TPSA) is 99.6 Å². The maximum atomic E-state index is 12.2. The highest BCUT2D eigenvalue weighted by Gasteiger charge is 2.41. The molecule has 108 valence electrons. The van der Waals surface area contributed by atoms with Crippen LogP contribution in [0.15, 0.2) is 12.3 Å². The number of carbonyl (C=O) groups is 1. The molecule has 0 spiro atoms. The maximum absolute atomic E-state index is 12.2. The van der Waals surface area contributed by atoms with Crippen molar-refractivity contribution in [3.63, 3.8) is 0 Å². The average Bonchev–Trinajstić information content (AvgIpc) is 3.30. The summed E-state index contributed by atoms with van der Waals surface area (Å²) in [6, 6.07) is 1.65. The highest BCUT2D eigenvalue weighted by molar-refractivity contribution is 7.90. The van der Waals surface area contributed by atoms with E-state index in [0.29, 0.717) is 18.7 Å².